The first-order chi connectivity index (χ1) is 9.01. The monoisotopic (exact) mass is 280 g/mol. The minimum atomic E-state index is -0.495. The SMILES string of the molecule is CCOC(=O)c1nn(Cc2nc(C)c(C)s2)cc1N. The van der Waals surface area contributed by atoms with Crippen LogP contribution in [0, 0.1) is 13.8 Å². The molecule has 2 rings (SSSR count). The Hall–Kier alpha value is -1.89. The van der Waals surface area contributed by atoms with Crippen LogP contribution in [0.5, 0.6) is 0 Å². The number of esters is 1. The van der Waals surface area contributed by atoms with E-state index in [1.807, 2.05) is 13.8 Å². The third kappa shape index (κ3) is 2.93. The lowest BCUT2D eigenvalue weighted by Crippen LogP contribution is -2.09. The van der Waals surface area contributed by atoms with Crippen molar-refractivity contribution in [3.63, 3.8) is 0 Å². The topological polar surface area (TPSA) is 83.0 Å². The van der Waals surface area contributed by atoms with E-state index in [-0.39, 0.29) is 5.69 Å². The molecule has 0 amide bonds. The van der Waals surface area contributed by atoms with Crippen LogP contribution in [-0.4, -0.2) is 27.3 Å². The average molecular weight is 280 g/mol. The second-order valence-electron chi connectivity index (χ2n) is 4.10. The summed E-state index contributed by atoms with van der Waals surface area (Å²) in [5.41, 5.74) is 7.26. The molecule has 0 aliphatic heterocycles. The van der Waals surface area contributed by atoms with Crippen LogP contribution < -0.4 is 5.73 Å². The Labute approximate surface area is 115 Å². The highest BCUT2D eigenvalue weighted by atomic mass is 32.1. The molecule has 2 aromatic heterocycles. The molecule has 0 atom stereocenters. The molecular weight excluding hydrogens is 264 g/mol. The number of nitrogens with two attached hydrogens (primary N) is 1. The van der Waals surface area contributed by atoms with Crippen molar-refractivity contribution >= 4 is 23.0 Å². The standard InChI is InChI=1S/C12H16N4O2S/c1-4-18-12(17)11-9(13)5-16(15-11)6-10-14-7(2)8(3)19-10/h5H,4,6,13H2,1-3H3. The summed E-state index contributed by atoms with van der Waals surface area (Å²) in [6, 6.07) is 0. The molecule has 2 aromatic rings. The first-order valence-electron chi connectivity index (χ1n) is 5.94. The zero-order chi connectivity index (χ0) is 14.0. The van der Waals surface area contributed by atoms with Gasteiger partial charge in [-0.3, -0.25) is 4.68 Å². The number of anilines is 1. The van der Waals surface area contributed by atoms with E-state index in [9.17, 15) is 4.79 Å². The van der Waals surface area contributed by atoms with Gasteiger partial charge >= 0.3 is 5.97 Å². The Bertz CT molecular complexity index is 583. The summed E-state index contributed by atoms with van der Waals surface area (Å²) in [6.07, 6.45) is 1.62. The fourth-order valence-electron chi connectivity index (χ4n) is 1.62. The molecule has 2 N–H and O–H groups in total. The lowest BCUT2D eigenvalue weighted by Gasteiger charge is -1.98. The van der Waals surface area contributed by atoms with Crippen molar-refractivity contribution < 1.29 is 9.53 Å². The number of carbonyl (C=O) groups excluding carboxylic acids is 1. The smallest absolute Gasteiger partial charge is 0.361 e. The minimum Gasteiger partial charge on any atom is -0.461 e. The summed E-state index contributed by atoms with van der Waals surface area (Å²) in [4.78, 5) is 17.2. The summed E-state index contributed by atoms with van der Waals surface area (Å²) >= 11 is 1.61. The molecule has 0 aliphatic rings. The van der Waals surface area contributed by atoms with Gasteiger partial charge in [0.25, 0.3) is 0 Å². The van der Waals surface area contributed by atoms with Crippen LogP contribution >= 0.6 is 11.3 Å². The van der Waals surface area contributed by atoms with E-state index >= 15 is 0 Å². The van der Waals surface area contributed by atoms with Crippen LogP contribution in [0.15, 0.2) is 6.20 Å². The van der Waals surface area contributed by atoms with E-state index < -0.39 is 5.97 Å². The lowest BCUT2D eigenvalue weighted by atomic mass is 10.4. The predicted molar refractivity (Wildman–Crippen MR) is 73.3 cm³/mol. The highest BCUT2D eigenvalue weighted by Gasteiger charge is 2.16. The first kappa shape index (κ1) is 13.5. The van der Waals surface area contributed by atoms with Gasteiger partial charge in [0.1, 0.15) is 5.01 Å². The summed E-state index contributed by atoms with van der Waals surface area (Å²) in [5.74, 6) is -0.495. The van der Waals surface area contributed by atoms with E-state index in [0.717, 1.165) is 10.7 Å². The number of thiazole rings is 1. The molecule has 0 spiro atoms. The van der Waals surface area contributed by atoms with E-state index in [1.54, 1.807) is 29.1 Å². The van der Waals surface area contributed by atoms with Crippen LogP contribution in [-0.2, 0) is 11.3 Å². The summed E-state index contributed by atoms with van der Waals surface area (Å²) < 4.78 is 6.50. The van der Waals surface area contributed by atoms with Crippen LogP contribution in [0.4, 0.5) is 5.69 Å². The maximum absolute atomic E-state index is 11.6. The van der Waals surface area contributed by atoms with Crippen molar-refractivity contribution in [1.29, 1.82) is 0 Å². The molecule has 0 aliphatic carbocycles. The molecule has 7 heteroatoms. The fourth-order valence-corrected chi connectivity index (χ4v) is 2.55. The molecule has 0 fully saturated rings. The molecule has 0 unspecified atom stereocenters. The van der Waals surface area contributed by atoms with Crippen molar-refractivity contribution in [1.82, 2.24) is 14.8 Å². The van der Waals surface area contributed by atoms with E-state index in [2.05, 4.69) is 10.1 Å². The largest absolute Gasteiger partial charge is 0.461 e. The van der Waals surface area contributed by atoms with Gasteiger partial charge in [-0.1, -0.05) is 0 Å². The fraction of sp³-hybridized carbons (Fsp3) is 0.417. The first-order valence-corrected chi connectivity index (χ1v) is 6.75. The number of ether oxygens (including phenoxy) is 1. The van der Waals surface area contributed by atoms with Crippen molar-refractivity contribution in [2.75, 3.05) is 12.3 Å². The van der Waals surface area contributed by atoms with Gasteiger partial charge in [-0.15, -0.1) is 11.3 Å². The molecule has 19 heavy (non-hydrogen) atoms. The summed E-state index contributed by atoms with van der Waals surface area (Å²) in [5, 5.41) is 5.08. The summed E-state index contributed by atoms with van der Waals surface area (Å²) in [6.45, 7) is 6.54. The number of nitrogens with zero attached hydrogens (tertiary/aromatic N) is 3. The van der Waals surface area contributed by atoms with Crippen molar-refractivity contribution in [2.24, 2.45) is 0 Å². The molecule has 6 nitrogen and oxygen atoms in total. The second-order valence-corrected chi connectivity index (χ2v) is 5.39. The van der Waals surface area contributed by atoms with Gasteiger partial charge in [0, 0.05) is 11.1 Å². The number of nitrogen functional groups attached to an aromatic ring is 1. The number of hydrogen-bond acceptors (Lipinski definition) is 6. The molecule has 2 heterocycles. The summed E-state index contributed by atoms with van der Waals surface area (Å²) in [7, 11) is 0. The molecule has 0 aromatic carbocycles. The van der Waals surface area contributed by atoms with Gasteiger partial charge in [0.2, 0.25) is 0 Å². The highest BCUT2D eigenvalue weighted by Crippen LogP contribution is 2.18. The Morgan fingerprint density at radius 1 is 1.53 bits per heavy atom. The number of hydrogen-bond donors (Lipinski definition) is 1. The Balaban J connectivity index is 2.18. The van der Waals surface area contributed by atoms with Gasteiger partial charge in [-0.25, -0.2) is 9.78 Å². The van der Waals surface area contributed by atoms with E-state index in [0.29, 0.717) is 18.8 Å². The average Bonchev–Trinajstić information content (AvgIpc) is 2.84. The quantitative estimate of drug-likeness (QED) is 0.863. The van der Waals surface area contributed by atoms with Gasteiger partial charge < -0.3 is 10.5 Å². The van der Waals surface area contributed by atoms with Gasteiger partial charge in [0.05, 0.1) is 24.5 Å². The lowest BCUT2D eigenvalue weighted by molar-refractivity contribution is 0.0519. The van der Waals surface area contributed by atoms with Crippen molar-refractivity contribution in [2.45, 2.75) is 27.3 Å². The van der Waals surface area contributed by atoms with Gasteiger partial charge in [-0.2, -0.15) is 5.10 Å². The molecule has 0 saturated heterocycles. The number of carbonyl (C=O) groups is 1. The third-order valence-corrected chi connectivity index (χ3v) is 3.69. The predicted octanol–water partition coefficient (Wildman–Crippen LogP) is 1.76. The molecule has 0 saturated carbocycles. The Morgan fingerprint density at radius 3 is 2.84 bits per heavy atom. The normalized spacial score (nSPS) is 10.7. The minimum absolute atomic E-state index is 0.159. The Kier molecular flexibility index (Phi) is 3.84. The van der Waals surface area contributed by atoms with Crippen LogP contribution in [0.1, 0.15) is 33.0 Å². The van der Waals surface area contributed by atoms with Crippen LogP contribution in [0.3, 0.4) is 0 Å². The molecule has 0 radical (unpaired) electrons. The van der Waals surface area contributed by atoms with Crippen LogP contribution in [0.25, 0.3) is 0 Å². The van der Waals surface area contributed by atoms with Crippen LogP contribution in [0.2, 0.25) is 0 Å². The number of rotatable bonds is 4. The number of aromatic nitrogens is 3. The second kappa shape index (κ2) is 5.40. The molecule has 0 bridgehead atoms. The van der Waals surface area contributed by atoms with Crippen molar-refractivity contribution in [3.8, 4) is 0 Å². The van der Waals surface area contributed by atoms with Gasteiger partial charge in [0.15, 0.2) is 5.69 Å². The van der Waals surface area contributed by atoms with E-state index in [4.69, 9.17) is 10.5 Å². The molecular formula is C12H16N4O2S. The molecule has 102 valence electrons. The van der Waals surface area contributed by atoms with Crippen molar-refractivity contribution in [3.05, 3.63) is 27.5 Å². The Morgan fingerprint density at radius 2 is 2.26 bits per heavy atom. The van der Waals surface area contributed by atoms with E-state index in [1.165, 1.54) is 4.88 Å². The maximum Gasteiger partial charge on any atom is 0.361 e. The number of aryl methyl sites for hydroxylation is 2. The third-order valence-electron chi connectivity index (χ3n) is 2.63. The zero-order valence-corrected chi connectivity index (χ0v) is 12.0. The van der Waals surface area contributed by atoms with Gasteiger partial charge in [-0.05, 0) is 20.8 Å². The maximum atomic E-state index is 11.6. The highest BCUT2D eigenvalue weighted by molar-refractivity contribution is 7.11. The zero-order valence-electron chi connectivity index (χ0n) is 11.1.